The smallest absolute Gasteiger partial charge is 0.163 e. The number of fused-ring (bicyclic) bond motifs is 12. The van der Waals surface area contributed by atoms with Crippen molar-refractivity contribution in [3.8, 4) is 23.0 Å². The number of benzene rings is 2. The zero-order valence-corrected chi connectivity index (χ0v) is 57.0. The minimum absolute atomic E-state index is 0.319. The summed E-state index contributed by atoms with van der Waals surface area (Å²) in [5, 5.41) is 7.93. The summed E-state index contributed by atoms with van der Waals surface area (Å²) in [7, 11) is 0. The molecule has 0 unspecified atom stereocenters. The minimum Gasteiger partial charge on any atom is -0.487 e. The molecule has 2 aromatic carbocycles. The summed E-state index contributed by atoms with van der Waals surface area (Å²) < 4.78 is 49.6. The van der Waals surface area contributed by atoms with E-state index in [1.54, 1.807) is 11.1 Å². The van der Waals surface area contributed by atoms with Crippen LogP contribution < -0.4 is 29.6 Å². The average Bonchev–Trinajstić information content (AvgIpc) is 1.35. The van der Waals surface area contributed by atoms with Crippen LogP contribution in [0.5, 0.6) is 23.0 Å². The van der Waals surface area contributed by atoms with Crippen LogP contribution >= 0.6 is 0 Å². The van der Waals surface area contributed by atoms with Crippen LogP contribution in [0, 0.1) is 92.7 Å². The van der Waals surface area contributed by atoms with Gasteiger partial charge in [0.1, 0.15) is 26.4 Å². The van der Waals surface area contributed by atoms with Gasteiger partial charge < -0.3 is 48.5 Å². The predicted octanol–water partition coefficient (Wildman–Crippen LogP) is 18.6. The molecule has 0 radical (unpaired) electrons. The number of rotatable bonds is 14. The van der Waals surface area contributed by atoms with Crippen molar-refractivity contribution < 1.29 is 37.9 Å². The average molecular weight is 1220 g/mol. The lowest BCUT2D eigenvalue weighted by molar-refractivity contribution is -0.0506. The van der Waals surface area contributed by atoms with Crippen LogP contribution in [0.25, 0.3) is 0 Å². The maximum absolute atomic E-state index is 6.44. The van der Waals surface area contributed by atoms with Crippen LogP contribution in [-0.2, 0) is 18.9 Å². The van der Waals surface area contributed by atoms with E-state index in [0.29, 0.717) is 125 Å². The van der Waals surface area contributed by atoms with Gasteiger partial charge in [-0.25, -0.2) is 0 Å². The molecule has 492 valence electrons. The first-order valence-corrected chi connectivity index (χ1v) is 36.6. The zero-order chi connectivity index (χ0) is 61.5. The standard InChI is InChI=1S/C78H122N2O8/c1-53(2)13-11-15-55(5)65-23-25-67-63-21-17-57-49-61(29-33-75(57,7)69(63)31-35-77(65,67)9)79-59-19-27-71-73(51-59)87-47-43-83-39-40-84-44-48-88-74-52-60(20-28-72(74)86-46-42-82-38-37-81-41-45-85-71)80-62-30-34-76(8)58(50-62)18-22-64-68-26-24-66(56(6)16-12-14-54(3)4)78(68,10)36-32-70(64)76/h17-20,27-28,51-56,61-70,79-80H,11-16,21-26,29-50H2,1-10H3/t55-,56-,61+,62+,63+,64+,65-,66-,67+,68+,69+,70+,75+,76+,77-,78-/m1/s1. The first-order valence-electron chi connectivity index (χ1n) is 36.6. The molecule has 6 saturated carbocycles. The Morgan fingerprint density at radius 2 is 0.784 bits per heavy atom. The maximum Gasteiger partial charge on any atom is 0.163 e. The van der Waals surface area contributed by atoms with Crippen molar-refractivity contribution in [2.24, 2.45) is 92.7 Å². The molecule has 0 spiro atoms. The number of hydrogen-bond donors (Lipinski definition) is 2. The van der Waals surface area contributed by atoms with E-state index in [-0.39, 0.29) is 0 Å². The largest absolute Gasteiger partial charge is 0.487 e. The fourth-order valence-electron chi connectivity index (χ4n) is 21.2. The number of allylic oxidation sites excluding steroid dienone is 2. The Morgan fingerprint density at radius 1 is 0.409 bits per heavy atom. The molecule has 2 aromatic rings. The summed E-state index contributed by atoms with van der Waals surface area (Å²) in [4.78, 5) is 0. The summed E-state index contributed by atoms with van der Waals surface area (Å²) in [5.74, 6) is 13.1. The highest BCUT2D eigenvalue weighted by atomic mass is 16.6. The van der Waals surface area contributed by atoms with Crippen molar-refractivity contribution >= 4 is 11.4 Å². The molecular formula is C78H122N2O8. The summed E-state index contributed by atoms with van der Waals surface area (Å²) in [6.07, 6.45) is 35.0. The number of ether oxygens (including phenoxy) is 8. The molecule has 10 nitrogen and oxygen atoms in total. The Balaban J connectivity index is 0.643. The van der Waals surface area contributed by atoms with Crippen molar-refractivity contribution in [1.29, 1.82) is 0 Å². The van der Waals surface area contributed by atoms with E-state index in [1.807, 2.05) is 12.1 Å². The molecule has 1 heterocycles. The molecule has 6 fully saturated rings. The van der Waals surface area contributed by atoms with Crippen LogP contribution in [0.1, 0.15) is 210 Å². The van der Waals surface area contributed by atoms with E-state index < -0.39 is 0 Å². The van der Waals surface area contributed by atoms with E-state index in [4.69, 9.17) is 37.9 Å². The van der Waals surface area contributed by atoms with Crippen LogP contribution in [0.3, 0.4) is 0 Å². The van der Waals surface area contributed by atoms with Crippen LogP contribution in [0.15, 0.2) is 59.7 Å². The molecular weight excluding hydrogens is 1090 g/mol. The lowest BCUT2D eigenvalue weighted by atomic mass is 9.47. The van der Waals surface area contributed by atoms with Crippen LogP contribution in [0.4, 0.5) is 11.4 Å². The topological polar surface area (TPSA) is 97.9 Å². The third kappa shape index (κ3) is 14.8. The number of nitrogens with one attached hydrogen (secondary N) is 2. The lowest BCUT2D eigenvalue weighted by Gasteiger charge is -2.58. The minimum atomic E-state index is 0.319. The van der Waals surface area contributed by atoms with Gasteiger partial charge in [-0.3, -0.25) is 0 Å². The Labute approximate surface area is 534 Å². The van der Waals surface area contributed by atoms with Crippen molar-refractivity contribution in [2.75, 3.05) is 89.9 Å². The molecule has 0 saturated heterocycles. The third-order valence-electron chi connectivity index (χ3n) is 25.9. The molecule has 0 bridgehead atoms. The second kappa shape index (κ2) is 29.7. The van der Waals surface area contributed by atoms with Gasteiger partial charge in [-0.05, 0) is 220 Å². The number of hydrogen-bond acceptors (Lipinski definition) is 10. The van der Waals surface area contributed by atoms with Crippen LogP contribution in [-0.4, -0.2) is 91.4 Å². The second-order valence-corrected chi connectivity index (χ2v) is 31.9. The molecule has 10 heteroatoms. The van der Waals surface area contributed by atoms with E-state index in [2.05, 4.69) is 116 Å². The fourth-order valence-corrected chi connectivity index (χ4v) is 21.2. The highest BCUT2D eigenvalue weighted by Gasteiger charge is 2.61. The molecule has 11 rings (SSSR count). The van der Waals surface area contributed by atoms with Gasteiger partial charge in [-0.1, -0.05) is 131 Å². The van der Waals surface area contributed by atoms with Gasteiger partial charge in [0.05, 0.1) is 52.9 Å². The van der Waals surface area contributed by atoms with E-state index in [1.165, 1.54) is 128 Å². The van der Waals surface area contributed by atoms with E-state index in [0.717, 1.165) is 107 Å². The molecule has 0 amide bonds. The van der Waals surface area contributed by atoms with Gasteiger partial charge >= 0.3 is 0 Å². The monoisotopic (exact) mass is 1210 g/mol. The summed E-state index contributed by atoms with van der Waals surface area (Å²) in [6, 6.07) is 13.4. The molecule has 2 N–H and O–H groups in total. The van der Waals surface area contributed by atoms with Crippen molar-refractivity contribution in [1.82, 2.24) is 0 Å². The Bertz CT molecular complexity index is 2440. The molecule has 0 aromatic heterocycles. The van der Waals surface area contributed by atoms with Gasteiger partial charge in [0.25, 0.3) is 0 Å². The first kappa shape index (κ1) is 66.0. The molecule has 8 aliphatic carbocycles. The van der Waals surface area contributed by atoms with Gasteiger partial charge in [0.2, 0.25) is 0 Å². The van der Waals surface area contributed by atoms with Crippen molar-refractivity contribution in [3.63, 3.8) is 0 Å². The highest BCUT2D eigenvalue weighted by Crippen LogP contribution is 2.69. The normalized spacial score (nSPS) is 36.6. The highest BCUT2D eigenvalue weighted by molar-refractivity contribution is 5.57. The fraction of sp³-hybridized carbons (Fsp3) is 0.795. The third-order valence-corrected chi connectivity index (χ3v) is 25.9. The van der Waals surface area contributed by atoms with Crippen molar-refractivity contribution in [3.05, 3.63) is 59.7 Å². The first-order chi connectivity index (χ1) is 42.6. The zero-order valence-electron chi connectivity index (χ0n) is 57.0. The molecule has 1 aliphatic heterocycles. The Hall–Kier alpha value is -3.44. The summed E-state index contributed by atoms with van der Waals surface area (Å²) in [6.45, 7) is 30.7. The van der Waals surface area contributed by atoms with E-state index >= 15 is 0 Å². The Morgan fingerprint density at radius 3 is 1.17 bits per heavy atom. The van der Waals surface area contributed by atoms with Gasteiger partial charge in [-0.2, -0.15) is 0 Å². The molecule has 88 heavy (non-hydrogen) atoms. The van der Waals surface area contributed by atoms with Gasteiger partial charge in [0.15, 0.2) is 23.0 Å². The Kier molecular flexibility index (Phi) is 22.3. The van der Waals surface area contributed by atoms with Gasteiger partial charge in [-0.15, -0.1) is 0 Å². The summed E-state index contributed by atoms with van der Waals surface area (Å²) >= 11 is 0. The van der Waals surface area contributed by atoms with Crippen LogP contribution in [0.2, 0.25) is 0 Å². The van der Waals surface area contributed by atoms with Crippen molar-refractivity contribution in [2.45, 2.75) is 223 Å². The number of anilines is 2. The SMILES string of the molecule is CC(C)CCC[C@@H](C)[C@H]1CC[C@H]2[C@@H]3CC=C4C[C@@H](Nc5ccc6c(c5)OCCOCCOCCOc5cc(N[C@H]7CC[C@@]8(C)C(=CC[C@H]9[C@@H]%10CC[C@H]([C@H](C)CCCC(C)C)[C@@]%10(C)CC[C@@H]98)C7)ccc5OCCOCCOCCO6)CC[C@]4(C)[C@H]3CC[C@]12C. The lowest BCUT2D eigenvalue weighted by Crippen LogP contribution is -2.51. The van der Waals surface area contributed by atoms with E-state index in [9.17, 15) is 0 Å². The van der Waals surface area contributed by atoms with Gasteiger partial charge in [0, 0.05) is 35.6 Å². The summed E-state index contributed by atoms with van der Waals surface area (Å²) in [5.41, 5.74) is 7.26. The predicted molar refractivity (Wildman–Crippen MR) is 359 cm³/mol. The molecule has 16 atom stereocenters. The maximum atomic E-state index is 6.44. The second-order valence-electron chi connectivity index (χ2n) is 31.9. The molecule has 9 aliphatic rings. The quantitative estimate of drug-likeness (QED) is 0.178.